The number of hydrogen-bond donors (Lipinski definition) is 5. The van der Waals surface area contributed by atoms with Gasteiger partial charge in [0.15, 0.2) is 6.10 Å². The Morgan fingerprint density at radius 2 is 1.90 bits per heavy atom. The van der Waals surface area contributed by atoms with Crippen LogP contribution in [0, 0.1) is 5.92 Å². The van der Waals surface area contributed by atoms with Gasteiger partial charge in [0.1, 0.15) is 16.5 Å². The van der Waals surface area contributed by atoms with E-state index >= 15 is 0 Å². The van der Waals surface area contributed by atoms with Crippen molar-refractivity contribution in [2.45, 2.75) is 51.1 Å². The first-order valence-corrected chi connectivity index (χ1v) is 10.0. The molecule has 0 bridgehead atoms. The normalized spacial score (nSPS) is 21.1. The molecule has 0 saturated carbocycles. The molecule has 1 aliphatic heterocycles. The van der Waals surface area contributed by atoms with E-state index in [4.69, 9.17) is 32.3 Å². The smallest absolute Gasteiger partial charge is 0.332 e. The van der Waals surface area contributed by atoms with E-state index in [1.54, 1.807) is 6.92 Å². The highest BCUT2D eigenvalue weighted by Gasteiger charge is 2.36. The topological polar surface area (TPSA) is 165 Å². The average Bonchev–Trinajstić information content (AvgIpc) is 2.91. The Labute approximate surface area is 177 Å². The molecule has 1 aliphatic rings. The van der Waals surface area contributed by atoms with Crippen molar-refractivity contribution in [1.29, 1.82) is 0 Å². The molecule has 29 heavy (non-hydrogen) atoms. The fraction of sp³-hybridized carbons (Fsp3) is 0.647. The second kappa shape index (κ2) is 11.6. The first-order valence-electron chi connectivity index (χ1n) is 8.82. The number of ether oxygens (including phenoxy) is 1. The number of hydrogen-bond acceptors (Lipinski definition) is 9. The fourth-order valence-electron chi connectivity index (χ4n) is 2.57. The van der Waals surface area contributed by atoms with Crippen molar-refractivity contribution >= 4 is 46.1 Å². The highest BCUT2D eigenvalue weighted by atomic mass is 32.2. The third-order valence-corrected chi connectivity index (χ3v) is 5.60. The molecule has 1 heterocycles. The quantitative estimate of drug-likeness (QED) is 0.197. The lowest BCUT2D eigenvalue weighted by atomic mass is 9.95. The van der Waals surface area contributed by atoms with Gasteiger partial charge < -0.3 is 30.3 Å². The summed E-state index contributed by atoms with van der Waals surface area (Å²) in [5.41, 5.74) is 0. The number of aliphatic hydroxyl groups excluding tert-OH is 3. The lowest BCUT2D eigenvalue weighted by Gasteiger charge is -2.31. The summed E-state index contributed by atoms with van der Waals surface area (Å²) in [6, 6.07) is 0. The Balaban J connectivity index is 2.98. The maximum absolute atomic E-state index is 12.6. The molecule has 5 atom stereocenters. The van der Waals surface area contributed by atoms with Gasteiger partial charge in [-0.3, -0.25) is 14.5 Å². The van der Waals surface area contributed by atoms with Gasteiger partial charge in [-0.15, -0.1) is 0 Å². The van der Waals surface area contributed by atoms with E-state index in [0.717, 1.165) is 11.8 Å². The van der Waals surface area contributed by atoms with Crippen molar-refractivity contribution in [2.75, 3.05) is 13.2 Å². The highest BCUT2D eigenvalue weighted by molar-refractivity contribution is 8.26. The standard InChI is InChI=1S/C17H25NO9S2/c1-8(14(13(23)10(20)7-19)27-9(2)16(25)26)6-11-15(24)18(17(28)29-11)5-3-4-12(21)22/h6,8-10,13-14,19-20,23H,3-5,7H2,1-2H3,(H,21,22)(H,25,26)/b11-6-. The van der Waals surface area contributed by atoms with Gasteiger partial charge in [0.25, 0.3) is 5.91 Å². The zero-order valence-electron chi connectivity index (χ0n) is 15.9. The number of nitrogens with zero attached hydrogens (tertiary/aromatic N) is 1. The Hall–Kier alpha value is -1.57. The van der Waals surface area contributed by atoms with Crippen LogP contribution in [0.15, 0.2) is 11.0 Å². The van der Waals surface area contributed by atoms with Gasteiger partial charge in [0, 0.05) is 18.9 Å². The number of amides is 1. The van der Waals surface area contributed by atoms with E-state index in [9.17, 15) is 24.6 Å². The van der Waals surface area contributed by atoms with Crippen LogP contribution in [-0.4, -0.2) is 90.2 Å². The molecular weight excluding hydrogens is 426 g/mol. The molecule has 0 aromatic rings. The monoisotopic (exact) mass is 451 g/mol. The first-order chi connectivity index (χ1) is 13.5. The Morgan fingerprint density at radius 3 is 2.41 bits per heavy atom. The number of rotatable bonds is 12. The fourth-order valence-corrected chi connectivity index (χ4v) is 3.96. The van der Waals surface area contributed by atoms with E-state index in [2.05, 4.69) is 0 Å². The molecule has 0 spiro atoms. The van der Waals surface area contributed by atoms with E-state index < -0.39 is 54.8 Å². The summed E-state index contributed by atoms with van der Waals surface area (Å²) in [6.07, 6.45) is -4.13. The van der Waals surface area contributed by atoms with Crippen LogP contribution in [0.3, 0.4) is 0 Å². The van der Waals surface area contributed by atoms with Gasteiger partial charge in [0.05, 0.1) is 17.6 Å². The van der Waals surface area contributed by atoms with Crippen molar-refractivity contribution in [3.05, 3.63) is 11.0 Å². The summed E-state index contributed by atoms with van der Waals surface area (Å²) < 4.78 is 5.61. The van der Waals surface area contributed by atoms with Crippen molar-refractivity contribution < 1.29 is 44.7 Å². The summed E-state index contributed by atoms with van der Waals surface area (Å²) in [5.74, 6) is -3.41. The van der Waals surface area contributed by atoms with Crippen molar-refractivity contribution in [1.82, 2.24) is 4.90 Å². The number of carbonyl (C=O) groups excluding carboxylic acids is 1. The van der Waals surface area contributed by atoms with Crippen molar-refractivity contribution in [3.63, 3.8) is 0 Å². The van der Waals surface area contributed by atoms with E-state index in [0.29, 0.717) is 0 Å². The maximum atomic E-state index is 12.6. The second-order valence-electron chi connectivity index (χ2n) is 6.53. The molecule has 0 radical (unpaired) electrons. The lowest BCUT2D eigenvalue weighted by molar-refractivity contribution is -0.167. The molecule has 1 amide bonds. The van der Waals surface area contributed by atoms with Crippen LogP contribution in [0.5, 0.6) is 0 Å². The van der Waals surface area contributed by atoms with Gasteiger partial charge in [-0.1, -0.05) is 37.0 Å². The molecule has 0 aromatic carbocycles. The third-order valence-electron chi connectivity index (χ3n) is 4.21. The SMILES string of the molecule is CC(OC(C(C)/C=C1\SC(=S)N(CCCC(=O)O)C1=O)C(O)C(O)CO)C(=O)O. The molecule has 12 heteroatoms. The van der Waals surface area contributed by atoms with Crippen LogP contribution in [0.25, 0.3) is 0 Å². The number of carboxylic acids is 2. The van der Waals surface area contributed by atoms with Crippen LogP contribution in [0.1, 0.15) is 26.7 Å². The largest absolute Gasteiger partial charge is 0.481 e. The molecule has 5 N–H and O–H groups in total. The van der Waals surface area contributed by atoms with Gasteiger partial charge in [-0.05, 0) is 13.3 Å². The van der Waals surface area contributed by atoms with E-state index in [1.807, 2.05) is 0 Å². The maximum Gasteiger partial charge on any atom is 0.332 e. The predicted octanol–water partition coefficient (Wildman–Crippen LogP) is -0.196. The lowest BCUT2D eigenvalue weighted by Crippen LogP contribution is -2.46. The van der Waals surface area contributed by atoms with E-state index in [1.165, 1.54) is 17.9 Å². The van der Waals surface area contributed by atoms with Gasteiger partial charge in [-0.25, -0.2) is 4.79 Å². The zero-order valence-corrected chi connectivity index (χ0v) is 17.6. The summed E-state index contributed by atoms with van der Waals surface area (Å²) in [6.45, 7) is 2.19. The minimum atomic E-state index is -1.60. The zero-order chi connectivity index (χ0) is 22.3. The molecular formula is C17H25NO9S2. The van der Waals surface area contributed by atoms with E-state index in [-0.39, 0.29) is 28.6 Å². The predicted molar refractivity (Wildman–Crippen MR) is 107 cm³/mol. The molecule has 1 rings (SSSR count). The number of aliphatic hydroxyl groups is 3. The molecule has 0 aliphatic carbocycles. The van der Waals surface area contributed by atoms with Gasteiger partial charge in [-0.2, -0.15) is 0 Å². The Kier molecular flexibility index (Phi) is 10.2. The minimum absolute atomic E-state index is 0.110. The molecule has 1 fully saturated rings. The third kappa shape index (κ3) is 7.32. The molecule has 5 unspecified atom stereocenters. The average molecular weight is 452 g/mol. The summed E-state index contributed by atoms with van der Waals surface area (Å²) in [5, 5.41) is 46.8. The van der Waals surface area contributed by atoms with Gasteiger partial charge in [0.2, 0.25) is 0 Å². The van der Waals surface area contributed by atoms with Crippen molar-refractivity contribution in [2.24, 2.45) is 5.92 Å². The minimum Gasteiger partial charge on any atom is -0.481 e. The molecule has 0 aromatic heterocycles. The molecule has 10 nitrogen and oxygen atoms in total. The number of thiocarbonyl (C=S) groups is 1. The Morgan fingerprint density at radius 1 is 1.28 bits per heavy atom. The molecule has 164 valence electrons. The second-order valence-corrected chi connectivity index (χ2v) is 8.21. The van der Waals surface area contributed by atoms with Crippen LogP contribution < -0.4 is 0 Å². The number of carbonyl (C=O) groups is 3. The Bertz CT molecular complexity index is 669. The highest BCUT2D eigenvalue weighted by Crippen LogP contribution is 2.33. The first kappa shape index (κ1) is 25.5. The van der Waals surface area contributed by atoms with Crippen LogP contribution >= 0.6 is 24.0 Å². The number of carboxylic acid groups (broad SMARTS) is 2. The summed E-state index contributed by atoms with van der Waals surface area (Å²) in [4.78, 5) is 35.8. The summed E-state index contributed by atoms with van der Waals surface area (Å²) in [7, 11) is 0. The molecule has 1 saturated heterocycles. The van der Waals surface area contributed by atoms with Crippen LogP contribution in [0.4, 0.5) is 0 Å². The van der Waals surface area contributed by atoms with Crippen molar-refractivity contribution in [3.8, 4) is 0 Å². The summed E-state index contributed by atoms with van der Waals surface area (Å²) >= 11 is 6.15. The van der Waals surface area contributed by atoms with Crippen LogP contribution in [0.2, 0.25) is 0 Å². The van der Waals surface area contributed by atoms with Gasteiger partial charge >= 0.3 is 11.9 Å². The number of thioether (sulfide) groups is 1. The van der Waals surface area contributed by atoms with Crippen LogP contribution in [-0.2, 0) is 19.1 Å². The number of aliphatic carboxylic acids is 2.